The Labute approximate surface area is 102 Å². The first-order chi connectivity index (χ1) is 8.04. The molecule has 0 fully saturated rings. The first-order valence-electron chi connectivity index (χ1n) is 4.88. The van der Waals surface area contributed by atoms with Gasteiger partial charge in [0.25, 0.3) is 0 Å². The van der Waals surface area contributed by atoms with Crippen LogP contribution >= 0.6 is 11.8 Å². The van der Waals surface area contributed by atoms with E-state index in [4.69, 9.17) is 9.52 Å². The largest absolute Gasteiger partial charge is 0.475 e. The number of carbonyl (C=O) groups is 1. The van der Waals surface area contributed by atoms with Crippen molar-refractivity contribution in [2.24, 2.45) is 0 Å². The highest BCUT2D eigenvalue weighted by atomic mass is 32.2. The summed E-state index contributed by atoms with van der Waals surface area (Å²) in [6.45, 7) is 3.69. The summed E-state index contributed by atoms with van der Waals surface area (Å²) in [5.74, 6) is -0.473. The van der Waals surface area contributed by atoms with Gasteiger partial charge in [-0.25, -0.2) is 14.8 Å². The lowest BCUT2D eigenvalue weighted by atomic mass is 10.4. The maximum Gasteiger partial charge on any atom is 0.371 e. The number of hydrogen-bond donors (Lipinski definition) is 1. The zero-order valence-corrected chi connectivity index (χ0v) is 10.1. The summed E-state index contributed by atoms with van der Waals surface area (Å²) < 4.78 is 5.13. The van der Waals surface area contributed by atoms with Crippen molar-refractivity contribution >= 4 is 17.7 Å². The smallest absolute Gasteiger partial charge is 0.371 e. The molecule has 2 aromatic heterocycles. The number of rotatable bonds is 3. The van der Waals surface area contributed by atoms with E-state index < -0.39 is 5.97 Å². The monoisotopic (exact) mass is 250 g/mol. The van der Waals surface area contributed by atoms with Gasteiger partial charge in [-0.15, -0.1) is 0 Å². The lowest BCUT2D eigenvalue weighted by Crippen LogP contribution is -1.92. The molecule has 0 radical (unpaired) electrons. The van der Waals surface area contributed by atoms with Gasteiger partial charge in [0.1, 0.15) is 10.9 Å². The van der Waals surface area contributed by atoms with Crippen LogP contribution in [0.5, 0.6) is 0 Å². The Kier molecular flexibility index (Phi) is 3.14. The molecule has 0 amide bonds. The number of aromatic carboxylic acids is 1. The second kappa shape index (κ2) is 4.58. The van der Waals surface area contributed by atoms with Gasteiger partial charge in [0.15, 0.2) is 5.09 Å². The van der Waals surface area contributed by atoms with Crippen molar-refractivity contribution in [2.45, 2.75) is 24.0 Å². The van der Waals surface area contributed by atoms with Gasteiger partial charge in [0.05, 0.1) is 0 Å². The molecule has 17 heavy (non-hydrogen) atoms. The first-order valence-corrected chi connectivity index (χ1v) is 5.69. The SMILES string of the molecule is Cc1cc(Sc2ccc(C(=O)O)o2)nc(C)n1. The molecular weight excluding hydrogens is 240 g/mol. The third kappa shape index (κ3) is 2.85. The molecule has 1 N–H and O–H groups in total. The summed E-state index contributed by atoms with van der Waals surface area (Å²) in [7, 11) is 0. The number of aromatic nitrogens is 2. The molecule has 0 bridgehead atoms. The Morgan fingerprint density at radius 1 is 1.35 bits per heavy atom. The van der Waals surface area contributed by atoms with Crippen LogP contribution in [0.2, 0.25) is 0 Å². The van der Waals surface area contributed by atoms with Crippen LogP contribution in [-0.4, -0.2) is 21.0 Å². The maximum atomic E-state index is 10.6. The van der Waals surface area contributed by atoms with Crippen LogP contribution in [0.15, 0.2) is 32.7 Å². The Morgan fingerprint density at radius 3 is 2.71 bits per heavy atom. The molecule has 0 aromatic carbocycles. The van der Waals surface area contributed by atoms with E-state index in [1.807, 2.05) is 19.9 Å². The third-order valence-electron chi connectivity index (χ3n) is 1.94. The van der Waals surface area contributed by atoms with E-state index in [-0.39, 0.29) is 5.76 Å². The van der Waals surface area contributed by atoms with Crippen LogP contribution in [0.25, 0.3) is 0 Å². The van der Waals surface area contributed by atoms with Crippen LogP contribution in [0, 0.1) is 13.8 Å². The molecule has 88 valence electrons. The van der Waals surface area contributed by atoms with Gasteiger partial charge in [-0.05, 0) is 43.8 Å². The topological polar surface area (TPSA) is 76.2 Å². The predicted octanol–water partition coefficient (Wildman–Crippen LogP) is 2.54. The lowest BCUT2D eigenvalue weighted by Gasteiger charge is -2.00. The Balaban J connectivity index is 2.22. The average molecular weight is 250 g/mol. The highest BCUT2D eigenvalue weighted by Crippen LogP contribution is 2.28. The molecule has 2 heterocycles. The standard InChI is InChI=1S/C11H10N2O3S/c1-6-5-9(13-7(2)12-6)17-10-4-3-8(16-10)11(14)15/h3-5H,1-2H3,(H,14,15). The zero-order chi connectivity index (χ0) is 12.4. The van der Waals surface area contributed by atoms with Crippen LogP contribution in [0.3, 0.4) is 0 Å². The molecule has 0 aliphatic carbocycles. The number of aryl methyl sites for hydroxylation is 2. The van der Waals surface area contributed by atoms with Gasteiger partial charge < -0.3 is 9.52 Å². The summed E-state index contributed by atoms with van der Waals surface area (Å²) in [5, 5.41) is 9.96. The van der Waals surface area contributed by atoms with E-state index in [2.05, 4.69) is 9.97 Å². The molecule has 0 saturated carbocycles. The van der Waals surface area contributed by atoms with Gasteiger partial charge in [-0.3, -0.25) is 0 Å². The second-order valence-electron chi connectivity index (χ2n) is 3.42. The molecule has 2 rings (SSSR count). The number of hydrogen-bond acceptors (Lipinski definition) is 5. The molecule has 0 spiro atoms. The summed E-state index contributed by atoms with van der Waals surface area (Å²) in [6.07, 6.45) is 0. The summed E-state index contributed by atoms with van der Waals surface area (Å²) >= 11 is 1.27. The van der Waals surface area contributed by atoms with Gasteiger partial charge in [-0.2, -0.15) is 0 Å². The van der Waals surface area contributed by atoms with E-state index in [0.29, 0.717) is 10.9 Å². The first kappa shape index (κ1) is 11.7. The Bertz CT molecular complexity index is 545. The van der Waals surface area contributed by atoms with Crippen molar-refractivity contribution in [3.63, 3.8) is 0 Å². The third-order valence-corrected chi connectivity index (χ3v) is 2.78. The summed E-state index contributed by atoms with van der Waals surface area (Å²) in [5.41, 5.74) is 0.866. The Morgan fingerprint density at radius 2 is 2.12 bits per heavy atom. The predicted molar refractivity (Wildman–Crippen MR) is 61.3 cm³/mol. The van der Waals surface area contributed by atoms with E-state index in [1.165, 1.54) is 17.8 Å². The fourth-order valence-electron chi connectivity index (χ4n) is 1.33. The van der Waals surface area contributed by atoms with E-state index in [1.54, 1.807) is 6.07 Å². The van der Waals surface area contributed by atoms with Crippen molar-refractivity contribution < 1.29 is 14.3 Å². The molecule has 0 aliphatic heterocycles. The summed E-state index contributed by atoms with van der Waals surface area (Å²) in [6, 6.07) is 4.85. The van der Waals surface area contributed by atoms with Gasteiger partial charge in [-0.1, -0.05) is 0 Å². The summed E-state index contributed by atoms with van der Waals surface area (Å²) in [4.78, 5) is 19.0. The van der Waals surface area contributed by atoms with E-state index in [0.717, 1.165) is 10.7 Å². The minimum atomic E-state index is -1.08. The average Bonchev–Trinajstić information content (AvgIpc) is 2.64. The quantitative estimate of drug-likeness (QED) is 0.843. The van der Waals surface area contributed by atoms with Crippen LogP contribution < -0.4 is 0 Å². The zero-order valence-electron chi connectivity index (χ0n) is 9.30. The van der Waals surface area contributed by atoms with Crippen molar-refractivity contribution in [3.8, 4) is 0 Å². The Hall–Kier alpha value is -1.82. The second-order valence-corrected chi connectivity index (χ2v) is 4.45. The fraction of sp³-hybridized carbons (Fsp3) is 0.182. The molecule has 0 saturated heterocycles. The highest BCUT2D eigenvalue weighted by molar-refractivity contribution is 7.99. The molecule has 0 atom stereocenters. The van der Waals surface area contributed by atoms with Crippen molar-refractivity contribution in [3.05, 3.63) is 35.5 Å². The van der Waals surface area contributed by atoms with E-state index in [9.17, 15) is 4.79 Å². The maximum absolute atomic E-state index is 10.6. The molecular formula is C11H10N2O3S. The van der Waals surface area contributed by atoms with Crippen LogP contribution in [0.1, 0.15) is 22.1 Å². The van der Waals surface area contributed by atoms with E-state index >= 15 is 0 Å². The van der Waals surface area contributed by atoms with Gasteiger partial charge in [0, 0.05) is 5.69 Å². The molecule has 2 aromatic rings. The molecule has 5 nitrogen and oxygen atoms in total. The lowest BCUT2D eigenvalue weighted by molar-refractivity contribution is 0.0656. The van der Waals surface area contributed by atoms with Crippen molar-refractivity contribution in [1.29, 1.82) is 0 Å². The van der Waals surface area contributed by atoms with Gasteiger partial charge in [0.2, 0.25) is 5.76 Å². The molecule has 0 unspecified atom stereocenters. The number of carboxylic acids is 1. The fourth-order valence-corrected chi connectivity index (χ4v) is 2.21. The van der Waals surface area contributed by atoms with Crippen LogP contribution in [-0.2, 0) is 0 Å². The normalized spacial score (nSPS) is 10.5. The molecule has 0 aliphatic rings. The highest BCUT2D eigenvalue weighted by Gasteiger charge is 2.10. The van der Waals surface area contributed by atoms with Crippen molar-refractivity contribution in [2.75, 3.05) is 0 Å². The minimum absolute atomic E-state index is 0.0741. The van der Waals surface area contributed by atoms with Gasteiger partial charge >= 0.3 is 5.97 Å². The minimum Gasteiger partial charge on any atom is -0.475 e. The number of nitrogens with zero attached hydrogens (tertiary/aromatic N) is 2. The van der Waals surface area contributed by atoms with Crippen molar-refractivity contribution in [1.82, 2.24) is 9.97 Å². The molecule has 6 heteroatoms. The number of furan rings is 1. The van der Waals surface area contributed by atoms with Crippen LogP contribution in [0.4, 0.5) is 0 Å². The number of carboxylic acid groups (broad SMARTS) is 1.